The number of aryl methyl sites for hydroxylation is 2. The average Bonchev–Trinajstić information content (AvgIpc) is 2.83. The van der Waals surface area contributed by atoms with Gasteiger partial charge >= 0.3 is 5.97 Å². The molecule has 1 atom stereocenters. The van der Waals surface area contributed by atoms with Gasteiger partial charge in [-0.1, -0.05) is 25.1 Å². The highest BCUT2D eigenvalue weighted by Gasteiger charge is 2.27. The molecule has 1 amide bonds. The van der Waals surface area contributed by atoms with Gasteiger partial charge in [0.15, 0.2) is 0 Å². The molecule has 8 heteroatoms. The lowest BCUT2D eigenvalue weighted by Gasteiger charge is -2.41. The smallest absolute Gasteiger partial charge is 0.326 e. The molecule has 2 heterocycles. The molecule has 1 fully saturated rings. The third-order valence-corrected chi connectivity index (χ3v) is 6.53. The number of halogens is 1. The second kappa shape index (κ2) is 11.2. The third-order valence-electron chi connectivity index (χ3n) is 6.53. The van der Waals surface area contributed by atoms with Crippen molar-refractivity contribution in [3.8, 4) is 0 Å². The molecule has 1 saturated heterocycles. The summed E-state index contributed by atoms with van der Waals surface area (Å²) < 4.78 is 13.8. The van der Waals surface area contributed by atoms with Gasteiger partial charge < -0.3 is 20.6 Å². The summed E-state index contributed by atoms with van der Waals surface area (Å²) >= 11 is 0. The first kappa shape index (κ1) is 25.2. The molecule has 0 bridgehead atoms. The zero-order valence-corrected chi connectivity index (χ0v) is 20.5. The van der Waals surface area contributed by atoms with Crippen LogP contribution in [0.4, 0.5) is 15.9 Å². The van der Waals surface area contributed by atoms with Crippen molar-refractivity contribution in [1.82, 2.24) is 10.3 Å². The van der Waals surface area contributed by atoms with Crippen molar-refractivity contribution >= 4 is 23.4 Å². The maximum absolute atomic E-state index is 13.8. The van der Waals surface area contributed by atoms with E-state index in [0.29, 0.717) is 29.0 Å². The second-order valence-electron chi connectivity index (χ2n) is 9.21. The van der Waals surface area contributed by atoms with E-state index in [-0.39, 0.29) is 6.42 Å². The van der Waals surface area contributed by atoms with E-state index in [4.69, 9.17) is 0 Å². The Morgan fingerprint density at radius 2 is 1.92 bits per heavy atom. The first-order chi connectivity index (χ1) is 17.3. The highest BCUT2D eigenvalue weighted by Crippen LogP contribution is 2.25. The van der Waals surface area contributed by atoms with E-state index in [1.807, 2.05) is 49.4 Å². The maximum atomic E-state index is 13.8. The van der Waals surface area contributed by atoms with E-state index < -0.39 is 23.7 Å². The van der Waals surface area contributed by atoms with E-state index >= 15 is 0 Å². The van der Waals surface area contributed by atoms with Crippen LogP contribution in [0.1, 0.15) is 34.0 Å². The predicted octanol–water partition coefficient (Wildman–Crippen LogP) is 4.07. The first-order valence-corrected chi connectivity index (χ1v) is 12.2. The quantitative estimate of drug-likeness (QED) is 0.397. The normalized spacial score (nSPS) is 14.1. The fourth-order valence-corrected chi connectivity index (χ4v) is 4.55. The summed E-state index contributed by atoms with van der Waals surface area (Å²) in [5.74, 6) is -0.619. The number of rotatable bonds is 10. The van der Waals surface area contributed by atoms with Crippen LogP contribution in [0.2, 0.25) is 0 Å². The Labute approximate surface area is 210 Å². The Morgan fingerprint density at radius 1 is 1.17 bits per heavy atom. The molecule has 3 aromatic rings. The number of carboxylic acids is 1. The minimum atomic E-state index is -1.11. The molecule has 2 aromatic carbocycles. The first-order valence-electron chi connectivity index (χ1n) is 12.2. The van der Waals surface area contributed by atoms with Crippen molar-refractivity contribution in [2.24, 2.45) is 5.92 Å². The number of carboxylic acid groups (broad SMARTS) is 1. The van der Waals surface area contributed by atoms with Gasteiger partial charge in [-0.3, -0.25) is 4.79 Å². The Morgan fingerprint density at radius 3 is 2.56 bits per heavy atom. The molecule has 3 N–H and O–H groups in total. The van der Waals surface area contributed by atoms with E-state index in [1.54, 1.807) is 13.1 Å². The highest BCUT2D eigenvalue weighted by atomic mass is 19.1. The van der Waals surface area contributed by atoms with E-state index in [0.717, 1.165) is 36.7 Å². The monoisotopic (exact) mass is 490 g/mol. The molecule has 36 heavy (non-hydrogen) atoms. The minimum Gasteiger partial charge on any atom is -0.480 e. The predicted molar refractivity (Wildman–Crippen MR) is 138 cm³/mol. The number of anilines is 2. The number of nitrogens with one attached hydrogen (secondary N) is 2. The van der Waals surface area contributed by atoms with E-state index in [1.165, 1.54) is 12.1 Å². The number of amides is 1. The second-order valence-corrected chi connectivity index (χ2v) is 9.21. The third kappa shape index (κ3) is 6.00. The van der Waals surface area contributed by atoms with Crippen LogP contribution in [-0.4, -0.2) is 47.6 Å². The molecular weight excluding hydrogens is 459 g/mol. The number of nitrogens with zero attached hydrogens (tertiary/aromatic N) is 2. The summed E-state index contributed by atoms with van der Waals surface area (Å²) in [5.41, 5.74) is 3.28. The van der Waals surface area contributed by atoms with Crippen molar-refractivity contribution < 1.29 is 19.1 Å². The number of carbonyl (C=O) groups excluding carboxylic acids is 1. The van der Waals surface area contributed by atoms with Gasteiger partial charge in [0.25, 0.3) is 5.91 Å². The van der Waals surface area contributed by atoms with Gasteiger partial charge in [0.2, 0.25) is 0 Å². The van der Waals surface area contributed by atoms with Crippen LogP contribution >= 0.6 is 0 Å². The Hall–Kier alpha value is -3.94. The van der Waals surface area contributed by atoms with Crippen molar-refractivity contribution in [3.05, 3.63) is 88.9 Å². The minimum absolute atomic E-state index is 0.152. The highest BCUT2D eigenvalue weighted by molar-refractivity contribution is 5.99. The van der Waals surface area contributed by atoms with Gasteiger partial charge in [-0.15, -0.1) is 0 Å². The molecule has 0 radical (unpaired) electrons. The van der Waals surface area contributed by atoms with E-state index in [9.17, 15) is 19.1 Å². The number of hydrogen-bond donors (Lipinski definition) is 3. The van der Waals surface area contributed by atoms with Gasteiger partial charge in [-0.25, -0.2) is 14.2 Å². The van der Waals surface area contributed by atoms with Crippen LogP contribution in [0, 0.1) is 18.7 Å². The number of carbonyl (C=O) groups is 2. The number of benzene rings is 2. The molecule has 0 saturated carbocycles. The molecule has 188 valence electrons. The van der Waals surface area contributed by atoms with Crippen molar-refractivity contribution in [1.29, 1.82) is 0 Å². The fourth-order valence-electron chi connectivity index (χ4n) is 4.55. The lowest BCUT2D eigenvalue weighted by Crippen LogP contribution is -2.49. The van der Waals surface area contributed by atoms with Crippen molar-refractivity contribution in [2.45, 2.75) is 32.7 Å². The summed E-state index contributed by atoms with van der Waals surface area (Å²) in [5, 5.41) is 15.7. The van der Waals surface area contributed by atoms with Crippen molar-refractivity contribution in [3.63, 3.8) is 0 Å². The lowest BCUT2D eigenvalue weighted by atomic mass is 9.97. The van der Waals surface area contributed by atoms with Crippen LogP contribution in [0.5, 0.6) is 0 Å². The molecule has 1 aliphatic rings. The molecule has 4 rings (SSSR count). The van der Waals surface area contributed by atoms with Crippen LogP contribution < -0.4 is 15.5 Å². The van der Waals surface area contributed by atoms with Gasteiger partial charge in [0, 0.05) is 49.4 Å². The van der Waals surface area contributed by atoms with Gasteiger partial charge in [0.1, 0.15) is 17.7 Å². The average molecular weight is 491 g/mol. The maximum Gasteiger partial charge on any atom is 0.326 e. The van der Waals surface area contributed by atoms with Crippen LogP contribution in [0.15, 0.2) is 60.8 Å². The largest absolute Gasteiger partial charge is 0.480 e. The molecule has 7 nitrogen and oxygen atoms in total. The molecule has 1 aromatic heterocycles. The van der Waals surface area contributed by atoms with Gasteiger partial charge in [-0.05, 0) is 66.4 Å². The zero-order valence-electron chi connectivity index (χ0n) is 20.5. The number of aromatic nitrogens is 1. The van der Waals surface area contributed by atoms with Crippen molar-refractivity contribution in [2.75, 3.05) is 29.9 Å². The summed E-state index contributed by atoms with van der Waals surface area (Å²) in [6, 6.07) is 15.1. The topological polar surface area (TPSA) is 94.6 Å². The zero-order chi connectivity index (χ0) is 25.7. The fraction of sp³-hybridized carbons (Fsp3) is 0.321. The summed E-state index contributed by atoms with van der Waals surface area (Å²) in [4.78, 5) is 31.4. The van der Waals surface area contributed by atoms with Crippen LogP contribution in [0.25, 0.3) is 0 Å². The molecule has 0 aliphatic carbocycles. The molecular formula is C28H31FN4O3. The van der Waals surface area contributed by atoms with Crippen LogP contribution in [0.3, 0.4) is 0 Å². The Balaban J connectivity index is 1.33. The summed E-state index contributed by atoms with van der Waals surface area (Å²) in [7, 11) is 0. The Kier molecular flexibility index (Phi) is 7.83. The SMILES string of the molecule is CCc1cc(F)cc(C)c1C(=O)NC(Cc1ccc(N2CC(CNc3ccccn3)C2)cc1)C(=O)O. The number of hydrogen-bond acceptors (Lipinski definition) is 5. The van der Waals surface area contributed by atoms with E-state index in [2.05, 4.69) is 20.5 Å². The van der Waals surface area contributed by atoms with Gasteiger partial charge in [0.05, 0.1) is 0 Å². The van der Waals surface area contributed by atoms with Crippen LogP contribution in [-0.2, 0) is 17.6 Å². The number of pyridine rings is 1. The molecule has 1 unspecified atom stereocenters. The number of aliphatic carboxylic acids is 1. The van der Waals surface area contributed by atoms with Gasteiger partial charge in [-0.2, -0.15) is 0 Å². The molecule has 0 spiro atoms. The summed E-state index contributed by atoms with van der Waals surface area (Å²) in [6.45, 7) is 6.21. The summed E-state index contributed by atoms with van der Waals surface area (Å²) in [6.07, 6.45) is 2.39. The Bertz CT molecular complexity index is 1210. The lowest BCUT2D eigenvalue weighted by molar-refractivity contribution is -0.139. The standard InChI is InChI=1S/C28H31FN4O3/c1-3-21-14-22(29)12-18(2)26(21)27(34)32-24(28(35)36)13-19-7-9-23(10-8-19)33-16-20(17-33)15-31-25-6-4-5-11-30-25/h4-12,14,20,24H,3,13,15-17H2,1-2H3,(H,30,31)(H,32,34)(H,35,36). The molecule has 1 aliphatic heterocycles.